The van der Waals surface area contributed by atoms with Crippen molar-refractivity contribution in [2.45, 2.75) is 25.8 Å². The number of nitrogens with one attached hydrogen (secondary N) is 1. The smallest absolute Gasteiger partial charge is 0.137 e. The van der Waals surface area contributed by atoms with Gasteiger partial charge in [-0.05, 0) is 46.1 Å². The highest BCUT2D eigenvalue weighted by atomic mass is 79.9. The average molecular weight is 341 g/mol. The van der Waals surface area contributed by atoms with Crippen LogP contribution in [0.3, 0.4) is 0 Å². The van der Waals surface area contributed by atoms with E-state index in [4.69, 9.17) is 5.84 Å². The molecule has 20 heavy (non-hydrogen) atoms. The molecule has 0 amide bonds. The van der Waals surface area contributed by atoms with E-state index in [0.29, 0.717) is 10.9 Å². The summed E-state index contributed by atoms with van der Waals surface area (Å²) in [6.45, 7) is 2.07. The Bertz CT molecular complexity index is 597. The third-order valence-corrected chi connectivity index (χ3v) is 3.96. The molecule has 0 saturated heterocycles. The van der Waals surface area contributed by atoms with Gasteiger partial charge in [0.2, 0.25) is 0 Å². The van der Waals surface area contributed by atoms with Gasteiger partial charge in [-0.2, -0.15) is 5.10 Å². The number of hydrogen-bond donors (Lipinski definition) is 2. The second-order valence-electron chi connectivity index (χ2n) is 4.70. The molecule has 2 aromatic rings. The molecule has 0 bridgehead atoms. The van der Waals surface area contributed by atoms with E-state index in [9.17, 15) is 4.39 Å². The molecule has 108 valence electrons. The maximum absolute atomic E-state index is 13.3. The first-order valence-electron chi connectivity index (χ1n) is 6.48. The summed E-state index contributed by atoms with van der Waals surface area (Å²) in [6.07, 6.45) is 1.59. The van der Waals surface area contributed by atoms with Crippen molar-refractivity contribution in [1.29, 1.82) is 0 Å². The third kappa shape index (κ3) is 3.26. The highest BCUT2D eigenvalue weighted by molar-refractivity contribution is 9.10. The zero-order chi connectivity index (χ0) is 14.7. The van der Waals surface area contributed by atoms with E-state index in [1.807, 2.05) is 11.7 Å². The summed E-state index contributed by atoms with van der Waals surface area (Å²) in [4.78, 5) is 0. The standard InChI is InChI=1S/C14H18BrFN4/c1-3-10-7-11(20(2)19-10)8-14(18-17)9-4-5-13(16)12(15)6-9/h4-7,14,18H,3,8,17H2,1-2H3. The van der Waals surface area contributed by atoms with Gasteiger partial charge in [0.05, 0.1) is 16.2 Å². The molecule has 0 aliphatic carbocycles. The van der Waals surface area contributed by atoms with E-state index in [0.717, 1.165) is 23.4 Å². The van der Waals surface area contributed by atoms with Crippen molar-refractivity contribution in [3.8, 4) is 0 Å². The quantitative estimate of drug-likeness (QED) is 0.649. The molecule has 0 fully saturated rings. The van der Waals surface area contributed by atoms with Crippen LogP contribution in [0.1, 0.15) is 29.9 Å². The van der Waals surface area contributed by atoms with Crippen molar-refractivity contribution in [3.05, 3.63) is 51.5 Å². The second kappa shape index (κ2) is 6.47. The Morgan fingerprint density at radius 1 is 1.45 bits per heavy atom. The molecule has 1 unspecified atom stereocenters. The van der Waals surface area contributed by atoms with Crippen LogP contribution >= 0.6 is 15.9 Å². The van der Waals surface area contributed by atoms with Crippen LogP contribution in [0.5, 0.6) is 0 Å². The number of aryl methyl sites for hydroxylation is 2. The normalized spacial score (nSPS) is 12.7. The van der Waals surface area contributed by atoms with Gasteiger partial charge in [0.25, 0.3) is 0 Å². The molecule has 1 heterocycles. The molecular formula is C14H18BrFN4. The monoisotopic (exact) mass is 340 g/mol. The first kappa shape index (κ1) is 15.2. The van der Waals surface area contributed by atoms with Gasteiger partial charge in [0.15, 0.2) is 0 Å². The Morgan fingerprint density at radius 2 is 2.20 bits per heavy atom. The van der Waals surface area contributed by atoms with Crippen LogP contribution in [-0.4, -0.2) is 9.78 Å². The lowest BCUT2D eigenvalue weighted by Gasteiger charge is -2.16. The predicted molar refractivity (Wildman–Crippen MR) is 80.5 cm³/mol. The predicted octanol–water partition coefficient (Wildman–Crippen LogP) is 2.63. The minimum Gasteiger partial charge on any atom is -0.272 e. The van der Waals surface area contributed by atoms with Gasteiger partial charge in [-0.15, -0.1) is 0 Å². The Morgan fingerprint density at radius 3 is 2.75 bits per heavy atom. The van der Waals surface area contributed by atoms with Gasteiger partial charge in [-0.25, -0.2) is 4.39 Å². The van der Waals surface area contributed by atoms with E-state index in [-0.39, 0.29) is 11.9 Å². The Kier molecular flexibility index (Phi) is 4.91. The first-order valence-corrected chi connectivity index (χ1v) is 7.27. The largest absolute Gasteiger partial charge is 0.272 e. The maximum Gasteiger partial charge on any atom is 0.137 e. The van der Waals surface area contributed by atoms with Crippen LogP contribution in [0, 0.1) is 5.82 Å². The number of hydrazine groups is 1. The molecule has 2 rings (SSSR count). The van der Waals surface area contributed by atoms with Crippen molar-refractivity contribution < 1.29 is 4.39 Å². The molecule has 0 aliphatic heterocycles. The highest BCUT2D eigenvalue weighted by Gasteiger charge is 2.15. The van der Waals surface area contributed by atoms with Crippen LogP contribution in [0.15, 0.2) is 28.7 Å². The zero-order valence-electron chi connectivity index (χ0n) is 11.5. The summed E-state index contributed by atoms with van der Waals surface area (Å²) in [7, 11) is 1.92. The summed E-state index contributed by atoms with van der Waals surface area (Å²) < 4.78 is 15.6. The number of rotatable bonds is 5. The first-order chi connectivity index (χ1) is 9.55. The van der Waals surface area contributed by atoms with Crippen molar-refractivity contribution in [2.24, 2.45) is 12.9 Å². The molecule has 0 radical (unpaired) electrons. The lowest BCUT2D eigenvalue weighted by Crippen LogP contribution is -2.30. The topological polar surface area (TPSA) is 55.9 Å². The van der Waals surface area contributed by atoms with Crippen molar-refractivity contribution >= 4 is 15.9 Å². The number of aromatic nitrogens is 2. The van der Waals surface area contributed by atoms with Crippen LogP contribution in [0.4, 0.5) is 4.39 Å². The summed E-state index contributed by atoms with van der Waals surface area (Å²) >= 11 is 3.20. The number of nitrogens with zero attached hydrogens (tertiary/aromatic N) is 2. The van der Waals surface area contributed by atoms with E-state index < -0.39 is 0 Å². The van der Waals surface area contributed by atoms with Crippen LogP contribution in [0.25, 0.3) is 0 Å². The fourth-order valence-corrected chi connectivity index (χ4v) is 2.54. The number of benzene rings is 1. The molecule has 0 spiro atoms. The molecule has 1 aromatic heterocycles. The number of nitrogens with two attached hydrogens (primary N) is 1. The minimum absolute atomic E-state index is 0.0907. The third-order valence-electron chi connectivity index (χ3n) is 3.35. The Balaban J connectivity index is 2.23. The van der Waals surface area contributed by atoms with Gasteiger partial charge >= 0.3 is 0 Å². The number of hydrogen-bond acceptors (Lipinski definition) is 3. The maximum atomic E-state index is 13.3. The molecule has 6 heteroatoms. The molecule has 3 N–H and O–H groups in total. The van der Waals surface area contributed by atoms with Crippen molar-refractivity contribution in [2.75, 3.05) is 0 Å². The molecule has 4 nitrogen and oxygen atoms in total. The summed E-state index contributed by atoms with van der Waals surface area (Å²) in [5.41, 5.74) is 5.86. The van der Waals surface area contributed by atoms with Gasteiger partial charge in [0.1, 0.15) is 5.82 Å². The average Bonchev–Trinajstić information content (AvgIpc) is 2.80. The minimum atomic E-state index is -0.279. The van der Waals surface area contributed by atoms with Crippen molar-refractivity contribution in [3.63, 3.8) is 0 Å². The van der Waals surface area contributed by atoms with E-state index in [2.05, 4.69) is 39.4 Å². The highest BCUT2D eigenvalue weighted by Crippen LogP contribution is 2.23. The summed E-state index contributed by atoms with van der Waals surface area (Å²) in [5.74, 6) is 5.36. The fraction of sp³-hybridized carbons (Fsp3) is 0.357. The second-order valence-corrected chi connectivity index (χ2v) is 5.56. The Hall–Kier alpha value is -1.24. The summed E-state index contributed by atoms with van der Waals surface area (Å²) in [5, 5.41) is 4.42. The van der Waals surface area contributed by atoms with E-state index >= 15 is 0 Å². The van der Waals surface area contributed by atoms with Crippen LogP contribution < -0.4 is 11.3 Å². The number of halogens is 2. The van der Waals surface area contributed by atoms with Gasteiger partial charge < -0.3 is 0 Å². The van der Waals surface area contributed by atoms with Gasteiger partial charge in [-0.1, -0.05) is 13.0 Å². The molecule has 1 aromatic carbocycles. The fourth-order valence-electron chi connectivity index (χ4n) is 2.15. The Labute approximate surface area is 126 Å². The lowest BCUT2D eigenvalue weighted by atomic mass is 10.0. The molecular weight excluding hydrogens is 323 g/mol. The van der Waals surface area contributed by atoms with Gasteiger partial charge in [0, 0.05) is 19.2 Å². The molecule has 1 atom stereocenters. The summed E-state index contributed by atoms with van der Waals surface area (Å²) in [6, 6.07) is 6.90. The van der Waals surface area contributed by atoms with Crippen LogP contribution in [0.2, 0.25) is 0 Å². The molecule has 0 saturated carbocycles. The van der Waals surface area contributed by atoms with Gasteiger partial charge in [-0.3, -0.25) is 16.0 Å². The van der Waals surface area contributed by atoms with E-state index in [1.165, 1.54) is 6.07 Å². The van der Waals surface area contributed by atoms with Crippen LogP contribution in [-0.2, 0) is 19.9 Å². The SMILES string of the molecule is CCc1cc(CC(NN)c2ccc(F)c(Br)c2)n(C)n1. The van der Waals surface area contributed by atoms with Crippen molar-refractivity contribution in [1.82, 2.24) is 15.2 Å². The van der Waals surface area contributed by atoms with E-state index in [1.54, 1.807) is 12.1 Å². The zero-order valence-corrected chi connectivity index (χ0v) is 13.1. The lowest BCUT2D eigenvalue weighted by molar-refractivity contribution is 0.527. The molecule has 0 aliphatic rings.